The molecule has 0 amide bonds. The second-order valence-corrected chi connectivity index (χ2v) is 11.4. The van der Waals surface area contributed by atoms with Gasteiger partial charge in [0.15, 0.2) is 0 Å². The molecular weight excluding hydrogens is 324 g/mol. The van der Waals surface area contributed by atoms with Crippen LogP contribution in [0.3, 0.4) is 0 Å². The largest absolute Gasteiger partial charge is 0.0845 e. The lowest BCUT2D eigenvalue weighted by atomic mass is 9.48. The Bertz CT molecular complexity index is 514. The standard InChI is InChI=1S/C27H48/c1-7-18-26(5)21(8-2)13-15-23-24-16-14-22(12-10-9-11-20(3)4)27(24,6)19-17-25(23)26/h13,20,22-25H,7-12,14-19H2,1-6H3/t22-,23?,24?,25?,26-,27+/m0/s1. The van der Waals surface area contributed by atoms with Crippen molar-refractivity contribution in [3.8, 4) is 0 Å². The lowest BCUT2D eigenvalue weighted by Gasteiger charge is -2.56. The van der Waals surface area contributed by atoms with Crippen LogP contribution in [0.1, 0.15) is 119 Å². The summed E-state index contributed by atoms with van der Waals surface area (Å²) in [7, 11) is 0. The highest BCUT2D eigenvalue weighted by Crippen LogP contribution is 2.66. The van der Waals surface area contributed by atoms with E-state index in [0.717, 1.165) is 29.6 Å². The molecule has 3 unspecified atom stereocenters. The lowest BCUT2D eigenvalue weighted by Crippen LogP contribution is -2.48. The highest BCUT2D eigenvalue weighted by molar-refractivity contribution is 5.22. The number of hydrogen-bond donors (Lipinski definition) is 0. The third kappa shape index (κ3) is 3.93. The molecule has 2 fully saturated rings. The fraction of sp³-hybridized carbons (Fsp3) is 0.926. The average Bonchev–Trinajstić information content (AvgIpc) is 2.95. The molecule has 0 heterocycles. The smallest absolute Gasteiger partial charge is 0.00855 e. The van der Waals surface area contributed by atoms with Crippen molar-refractivity contribution in [3.05, 3.63) is 11.6 Å². The van der Waals surface area contributed by atoms with Crippen molar-refractivity contribution in [2.45, 2.75) is 119 Å². The van der Waals surface area contributed by atoms with Crippen molar-refractivity contribution in [3.63, 3.8) is 0 Å². The van der Waals surface area contributed by atoms with E-state index in [2.05, 4.69) is 47.6 Å². The molecule has 6 atom stereocenters. The molecule has 3 aliphatic carbocycles. The second-order valence-electron chi connectivity index (χ2n) is 11.4. The van der Waals surface area contributed by atoms with Gasteiger partial charge in [0.1, 0.15) is 0 Å². The third-order valence-corrected chi connectivity index (χ3v) is 9.56. The Morgan fingerprint density at radius 3 is 2.48 bits per heavy atom. The topological polar surface area (TPSA) is 0 Å². The minimum absolute atomic E-state index is 0.503. The lowest BCUT2D eigenvalue weighted by molar-refractivity contribution is -0.0387. The van der Waals surface area contributed by atoms with Crippen LogP contribution in [-0.2, 0) is 0 Å². The molecule has 0 spiro atoms. The van der Waals surface area contributed by atoms with Gasteiger partial charge in [0.25, 0.3) is 0 Å². The molecule has 0 N–H and O–H groups in total. The number of rotatable bonds is 8. The summed E-state index contributed by atoms with van der Waals surface area (Å²) in [5.74, 6) is 4.86. The summed E-state index contributed by atoms with van der Waals surface area (Å²) in [5, 5.41) is 0. The maximum Gasteiger partial charge on any atom is -0.00855 e. The first kappa shape index (κ1) is 21.4. The number of unbranched alkanes of at least 4 members (excludes halogenated alkanes) is 1. The van der Waals surface area contributed by atoms with Crippen LogP contribution >= 0.6 is 0 Å². The van der Waals surface area contributed by atoms with Crippen LogP contribution in [-0.4, -0.2) is 0 Å². The van der Waals surface area contributed by atoms with Gasteiger partial charge in [-0.05, 0) is 91.8 Å². The highest BCUT2D eigenvalue weighted by Gasteiger charge is 2.57. The first-order valence-corrected chi connectivity index (χ1v) is 12.6. The van der Waals surface area contributed by atoms with E-state index in [1.807, 2.05) is 0 Å². The van der Waals surface area contributed by atoms with E-state index < -0.39 is 0 Å². The van der Waals surface area contributed by atoms with Crippen molar-refractivity contribution in [2.75, 3.05) is 0 Å². The molecule has 2 saturated carbocycles. The molecule has 27 heavy (non-hydrogen) atoms. The fourth-order valence-corrected chi connectivity index (χ4v) is 8.10. The maximum absolute atomic E-state index is 2.71. The molecule has 0 heteroatoms. The van der Waals surface area contributed by atoms with E-state index in [1.165, 1.54) is 77.0 Å². The molecule has 0 radical (unpaired) electrons. The van der Waals surface area contributed by atoms with Gasteiger partial charge in [-0.15, -0.1) is 0 Å². The van der Waals surface area contributed by atoms with Gasteiger partial charge in [-0.1, -0.05) is 78.9 Å². The van der Waals surface area contributed by atoms with E-state index >= 15 is 0 Å². The van der Waals surface area contributed by atoms with Gasteiger partial charge in [0, 0.05) is 0 Å². The third-order valence-electron chi connectivity index (χ3n) is 9.56. The highest BCUT2D eigenvalue weighted by atomic mass is 14.6. The van der Waals surface area contributed by atoms with E-state index in [0.29, 0.717) is 10.8 Å². The Balaban J connectivity index is 1.71. The van der Waals surface area contributed by atoms with Gasteiger partial charge in [-0.2, -0.15) is 0 Å². The number of fused-ring (bicyclic) bond motifs is 3. The molecule has 3 aliphatic rings. The van der Waals surface area contributed by atoms with Crippen molar-refractivity contribution in [2.24, 2.45) is 40.4 Å². The van der Waals surface area contributed by atoms with Crippen LogP contribution < -0.4 is 0 Å². The van der Waals surface area contributed by atoms with Gasteiger partial charge in [0.2, 0.25) is 0 Å². The van der Waals surface area contributed by atoms with E-state index in [1.54, 1.807) is 5.57 Å². The summed E-state index contributed by atoms with van der Waals surface area (Å²) >= 11 is 0. The van der Waals surface area contributed by atoms with Gasteiger partial charge >= 0.3 is 0 Å². The minimum Gasteiger partial charge on any atom is -0.0845 e. The van der Waals surface area contributed by atoms with Crippen LogP contribution in [0.25, 0.3) is 0 Å². The SMILES string of the molecule is CCC[C@@]1(C)C(CC)=CCC2C1CC[C@@]1(C)C2CC[C@@H]1CCCCC(C)C. The molecule has 0 aromatic heterocycles. The molecule has 156 valence electrons. The van der Waals surface area contributed by atoms with Crippen LogP contribution in [0.2, 0.25) is 0 Å². The molecule has 0 aliphatic heterocycles. The number of allylic oxidation sites excluding steroid dienone is 2. The first-order valence-electron chi connectivity index (χ1n) is 12.6. The molecule has 3 rings (SSSR count). The summed E-state index contributed by atoms with van der Waals surface area (Å²) < 4.78 is 0. The van der Waals surface area contributed by atoms with Crippen LogP contribution in [0.15, 0.2) is 11.6 Å². The molecule has 0 saturated heterocycles. The van der Waals surface area contributed by atoms with Crippen LogP contribution in [0.4, 0.5) is 0 Å². The zero-order chi connectivity index (χ0) is 19.7. The first-order chi connectivity index (χ1) is 12.9. The Morgan fingerprint density at radius 1 is 1.04 bits per heavy atom. The van der Waals surface area contributed by atoms with Gasteiger partial charge in [-0.25, -0.2) is 0 Å². The van der Waals surface area contributed by atoms with Crippen molar-refractivity contribution < 1.29 is 0 Å². The van der Waals surface area contributed by atoms with Crippen LogP contribution in [0, 0.1) is 40.4 Å². The molecule has 0 bridgehead atoms. The van der Waals surface area contributed by atoms with E-state index in [9.17, 15) is 0 Å². The predicted molar refractivity (Wildman–Crippen MR) is 120 cm³/mol. The Morgan fingerprint density at radius 2 is 1.81 bits per heavy atom. The molecule has 0 nitrogen and oxygen atoms in total. The number of hydrogen-bond acceptors (Lipinski definition) is 0. The summed E-state index contributed by atoms with van der Waals surface area (Å²) in [5.41, 5.74) is 2.96. The quantitative estimate of drug-likeness (QED) is 0.295. The molecule has 0 aromatic carbocycles. The minimum atomic E-state index is 0.503. The summed E-state index contributed by atoms with van der Waals surface area (Å²) in [6.07, 6.45) is 20.1. The Labute approximate surface area is 171 Å². The van der Waals surface area contributed by atoms with Crippen molar-refractivity contribution >= 4 is 0 Å². The van der Waals surface area contributed by atoms with Crippen molar-refractivity contribution in [1.82, 2.24) is 0 Å². The van der Waals surface area contributed by atoms with E-state index in [-0.39, 0.29) is 0 Å². The van der Waals surface area contributed by atoms with Gasteiger partial charge in [-0.3, -0.25) is 0 Å². The summed E-state index contributed by atoms with van der Waals surface area (Å²) in [6, 6.07) is 0. The Kier molecular flexibility index (Phi) is 6.85. The maximum atomic E-state index is 2.71. The fourth-order valence-electron chi connectivity index (χ4n) is 8.10. The zero-order valence-electron chi connectivity index (χ0n) is 19.4. The van der Waals surface area contributed by atoms with Gasteiger partial charge in [0.05, 0.1) is 0 Å². The summed E-state index contributed by atoms with van der Waals surface area (Å²) in [4.78, 5) is 0. The van der Waals surface area contributed by atoms with Gasteiger partial charge < -0.3 is 0 Å². The second kappa shape index (κ2) is 8.62. The van der Waals surface area contributed by atoms with Crippen molar-refractivity contribution in [1.29, 1.82) is 0 Å². The van der Waals surface area contributed by atoms with Crippen LogP contribution in [0.5, 0.6) is 0 Å². The normalized spacial score (nSPS) is 41.4. The average molecular weight is 373 g/mol. The molecular formula is C27H48. The monoisotopic (exact) mass is 372 g/mol. The summed E-state index contributed by atoms with van der Waals surface area (Å²) in [6.45, 7) is 14.9. The zero-order valence-corrected chi connectivity index (χ0v) is 19.4. The van der Waals surface area contributed by atoms with E-state index in [4.69, 9.17) is 0 Å². The Hall–Kier alpha value is -0.260. The molecule has 0 aromatic rings. The predicted octanol–water partition coefficient (Wildman–Crippen LogP) is 8.81.